The Morgan fingerprint density at radius 2 is 1.90 bits per heavy atom. The molecule has 0 aliphatic heterocycles. The van der Waals surface area contributed by atoms with Gasteiger partial charge < -0.3 is 15.3 Å². The fraction of sp³-hybridized carbons (Fsp3) is 0.625. The van der Waals surface area contributed by atoms with Crippen LogP contribution in [0.5, 0.6) is 0 Å². The summed E-state index contributed by atoms with van der Waals surface area (Å²) < 4.78 is 1.13. The van der Waals surface area contributed by atoms with E-state index in [0.717, 1.165) is 4.47 Å². The normalized spacial score (nSPS) is 25.3. The minimum absolute atomic E-state index is 0.539. The van der Waals surface area contributed by atoms with E-state index >= 15 is 0 Å². The summed E-state index contributed by atoms with van der Waals surface area (Å²) in [6.45, 7) is 3.23. The molecule has 4 heteroatoms. The first-order valence-corrected chi connectivity index (χ1v) is 8.01. The minimum atomic E-state index is -0.661. The van der Waals surface area contributed by atoms with Gasteiger partial charge in [-0.25, -0.2) is 0 Å². The van der Waals surface area contributed by atoms with Gasteiger partial charge in [0.15, 0.2) is 0 Å². The lowest BCUT2D eigenvalue weighted by atomic mass is 9.76. The van der Waals surface area contributed by atoms with Crippen molar-refractivity contribution in [3.05, 3.63) is 34.3 Å². The predicted octanol–water partition coefficient (Wildman–Crippen LogP) is 2.60. The molecule has 0 spiro atoms. The summed E-state index contributed by atoms with van der Waals surface area (Å²) in [5.74, 6) is 0.666. The summed E-state index contributed by atoms with van der Waals surface area (Å²) in [5, 5.41) is 13.7. The lowest BCUT2D eigenvalue weighted by molar-refractivity contribution is 0.0278. The lowest BCUT2D eigenvalue weighted by Crippen LogP contribution is -2.50. The number of nitrogens with zero attached hydrogens (tertiary/aromatic N) is 1. The van der Waals surface area contributed by atoms with E-state index in [-0.39, 0.29) is 0 Å². The van der Waals surface area contributed by atoms with Crippen LogP contribution in [0.25, 0.3) is 0 Å². The van der Waals surface area contributed by atoms with Gasteiger partial charge in [0.25, 0.3) is 0 Å². The van der Waals surface area contributed by atoms with Crippen LogP contribution in [0.2, 0.25) is 0 Å². The molecule has 1 fully saturated rings. The van der Waals surface area contributed by atoms with Gasteiger partial charge in [-0.05, 0) is 57.5 Å². The van der Waals surface area contributed by atoms with Gasteiger partial charge in [-0.15, -0.1) is 0 Å². The van der Waals surface area contributed by atoms with Crippen LogP contribution in [0, 0.1) is 0 Å². The van der Waals surface area contributed by atoms with Crippen molar-refractivity contribution in [2.75, 3.05) is 27.2 Å². The Labute approximate surface area is 130 Å². The number of likely N-dealkylation sites (N-methyl/N-ethyl adjacent to an activating group) is 1. The number of nitrogens with one attached hydrogen (secondary N) is 1. The summed E-state index contributed by atoms with van der Waals surface area (Å²) in [6, 6.07) is 9.16. The third-order valence-electron chi connectivity index (χ3n) is 3.91. The van der Waals surface area contributed by atoms with E-state index in [4.69, 9.17) is 0 Å². The molecule has 20 heavy (non-hydrogen) atoms. The molecule has 0 saturated heterocycles. The Morgan fingerprint density at radius 1 is 1.30 bits per heavy atom. The highest BCUT2D eigenvalue weighted by Crippen LogP contribution is 2.37. The molecule has 0 bridgehead atoms. The Balaban J connectivity index is 1.73. The van der Waals surface area contributed by atoms with Crippen LogP contribution < -0.4 is 5.32 Å². The summed E-state index contributed by atoms with van der Waals surface area (Å²) >= 11 is 3.47. The van der Waals surface area contributed by atoms with E-state index in [9.17, 15) is 5.11 Å². The summed E-state index contributed by atoms with van der Waals surface area (Å²) in [6.07, 6.45) is 2.33. The van der Waals surface area contributed by atoms with Crippen molar-refractivity contribution in [2.45, 2.75) is 37.3 Å². The largest absolute Gasteiger partial charge is 0.388 e. The van der Waals surface area contributed by atoms with E-state index in [1.54, 1.807) is 0 Å². The standard InChI is InChI=1S/C16H25BrN2O/c1-16(20,11-19(2)3)10-18-15-8-13(9-15)12-4-6-14(17)7-5-12/h4-7,13,15,18,20H,8-11H2,1-3H3. The second kappa shape index (κ2) is 6.56. The van der Waals surface area contributed by atoms with Gasteiger partial charge in [-0.1, -0.05) is 28.1 Å². The topological polar surface area (TPSA) is 35.5 Å². The van der Waals surface area contributed by atoms with Crippen LogP contribution in [0.1, 0.15) is 31.2 Å². The van der Waals surface area contributed by atoms with Gasteiger partial charge in [0.2, 0.25) is 0 Å². The first-order chi connectivity index (χ1) is 9.35. The Kier molecular flexibility index (Phi) is 5.24. The number of aliphatic hydroxyl groups is 1. The number of hydrogen-bond acceptors (Lipinski definition) is 3. The molecule has 2 N–H and O–H groups in total. The quantitative estimate of drug-likeness (QED) is 0.835. The lowest BCUT2D eigenvalue weighted by Gasteiger charge is -2.38. The molecule has 0 heterocycles. The third kappa shape index (κ3) is 4.55. The van der Waals surface area contributed by atoms with Crippen LogP contribution in [0.3, 0.4) is 0 Å². The maximum atomic E-state index is 10.3. The SMILES string of the molecule is CN(C)CC(C)(O)CNC1CC(c2ccc(Br)cc2)C1. The van der Waals surface area contributed by atoms with Crippen molar-refractivity contribution in [1.29, 1.82) is 0 Å². The fourth-order valence-corrected chi connectivity index (χ4v) is 3.16. The van der Waals surface area contributed by atoms with Gasteiger partial charge in [0, 0.05) is 23.6 Å². The highest BCUT2D eigenvalue weighted by atomic mass is 79.9. The van der Waals surface area contributed by atoms with Crippen molar-refractivity contribution < 1.29 is 5.11 Å². The Bertz CT molecular complexity index is 425. The van der Waals surface area contributed by atoms with E-state index < -0.39 is 5.60 Å². The molecule has 2 rings (SSSR count). The van der Waals surface area contributed by atoms with Crippen LogP contribution >= 0.6 is 15.9 Å². The van der Waals surface area contributed by atoms with Crippen molar-refractivity contribution >= 4 is 15.9 Å². The number of benzene rings is 1. The van der Waals surface area contributed by atoms with E-state index in [1.807, 2.05) is 25.9 Å². The van der Waals surface area contributed by atoms with Crippen LogP contribution in [-0.2, 0) is 0 Å². The zero-order chi connectivity index (χ0) is 14.8. The first-order valence-electron chi connectivity index (χ1n) is 7.22. The molecule has 1 saturated carbocycles. The van der Waals surface area contributed by atoms with Gasteiger partial charge >= 0.3 is 0 Å². The molecule has 1 aliphatic rings. The summed E-state index contributed by atoms with van der Waals surface area (Å²) in [7, 11) is 3.97. The molecule has 1 aliphatic carbocycles. The van der Waals surface area contributed by atoms with Crippen molar-refractivity contribution in [1.82, 2.24) is 10.2 Å². The minimum Gasteiger partial charge on any atom is -0.388 e. The van der Waals surface area contributed by atoms with Gasteiger partial charge in [0.05, 0.1) is 5.60 Å². The van der Waals surface area contributed by atoms with Gasteiger partial charge in [-0.3, -0.25) is 0 Å². The highest BCUT2D eigenvalue weighted by molar-refractivity contribution is 9.10. The average Bonchev–Trinajstić information content (AvgIpc) is 2.27. The Hall–Kier alpha value is -0.420. The number of rotatable bonds is 6. The van der Waals surface area contributed by atoms with E-state index in [2.05, 4.69) is 45.5 Å². The molecule has 1 aromatic carbocycles. The molecule has 1 atom stereocenters. The van der Waals surface area contributed by atoms with Crippen LogP contribution in [0.4, 0.5) is 0 Å². The zero-order valence-corrected chi connectivity index (χ0v) is 14.2. The molecule has 0 radical (unpaired) electrons. The van der Waals surface area contributed by atoms with Crippen LogP contribution in [-0.4, -0.2) is 48.8 Å². The second-order valence-electron chi connectivity index (χ2n) is 6.53. The third-order valence-corrected chi connectivity index (χ3v) is 4.44. The van der Waals surface area contributed by atoms with Crippen molar-refractivity contribution in [2.24, 2.45) is 0 Å². The molecule has 112 valence electrons. The molecule has 0 aromatic heterocycles. The van der Waals surface area contributed by atoms with Gasteiger partial charge in [0.1, 0.15) is 0 Å². The molecule has 1 unspecified atom stereocenters. The maximum absolute atomic E-state index is 10.3. The van der Waals surface area contributed by atoms with Crippen molar-refractivity contribution in [3.63, 3.8) is 0 Å². The molecule has 1 aromatic rings. The molecular formula is C16H25BrN2O. The van der Waals surface area contributed by atoms with E-state index in [1.165, 1.54) is 18.4 Å². The van der Waals surface area contributed by atoms with Gasteiger partial charge in [-0.2, -0.15) is 0 Å². The maximum Gasteiger partial charge on any atom is 0.0869 e. The monoisotopic (exact) mass is 340 g/mol. The smallest absolute Gasteiger partial charge is 0.0869 e. The molecular weight excluding hydrogens is 316 g/mol. The second-order valence-corrected chi connectivity index (χ2v) is 7.45. The fourth-order valence-electron chi connectivity index (χ4n) is 2.89. The zero-order valence-electron chi connectivity index (χ0n) is 12.6. The van der Waals surface area contributed by atoms with E-state index in [0.29, 0.717) is 25.0 Å². The predicted molar refractivity (Wildman–Crippen MR) is 87.1 cm³/mol. The summed E-state index contributed by atoms with van der Waals surface area (Å²) in [5.41, 5.74) is 0.762. The van der Waals surface area contributed by atoms with Crippen LogP contribution in [0.15, 0.2) is 28.7 Å². The van der Waals surface area contributed by atoms with Crippen molar-refractivity contribution in [3.8, 4) is 0 Å². The Morgan fingerprint density at radius 3 is 2.45 bits per heavy atom. The average molecular weight is 341 g/mol. The highest BCUT2D eigenvalue weighted by Gasteiger charge is 2.31. The first kappa shape index (κ1) is 16.0. The molecule has 3 nitrogen and oxygen atoms in total. The molecule has 0 amide bonds. The summed E-state index contributed by atoms with van der Waals surface area (Å²) in [4.78, 5) is 2.02. The number of halogens is 1. The number of hydrogen-bond donors (Lipinski definition) is 2.